The lowest BCUT2D eigenvalue weighted by Crippen LogP contribution is -2.06. The molecular formula is C9H10N6. The van der Waals surface area contributed by atoms with Gasteiger partial charge in [-0.15, -0.1) is 0 Å². The van der Waals surface area contributed by atoms with Crippen LogP contribution in [0.25, 0.3) is 0 Å². The molecule has 15 heavy (non-hydrogen) atoms. The van der Waals surface area contributed by atoms with Crippen LogP contribution in [0.1, 0.15) is 5.69 Å². The first-order valence-corrected chi connectivity index (χ1v) is 4.43. The van der Waals surface area contributed by atoms with Crippen molar-refractivity contribution in [3.63, 3.8) is 0 Å². The van der Waals surface area contributed by atoms with Crippen molar-refractivity contribution >= 4 is 11.8 Å². The second-order valence-corrected chi connectivity index (χ2v) is 2.87. The molecule has 0 aliphatic heterocycles. The summed E-state index contributed by atoms with van der Waals surface area (Å²) >= 11 is 0. The molecule has 6 heteroatoms. The number of anilines is 2. The zero-order valence-corrected chi connectivity index (χ0v) is 7.96. The zero-order valence-electron chi connectivity index (χ0n) is 7.96. The third kappa shape index (κ3) is 2.60. The van der Waals surface area contributed by atoms with Gasteiger partial charge in [0.05, 0.1) is 12.2 Å². The van der Waals surface area contributed by atoms with E-state index in [4.69, 9.17) is 5.73 Å². The first kappa shape index (κ1) is 9.32. The van der Waals surface area contributed by atoms with Crippen LogP contribution in [0.15, 0.2) is 30.6 Å². The van der Waals surface area contributed by atoms with E-state index >= 15 is 0 Å². The lowest BCUT2D eigenvalue weighted by molar-refractivity contribution is 0.914. The van der Waals surface area contributed by atoms with Crippen molar-refractivity contribution in [2.75, 3.05) is 11.1 Å². The van der Waals surface area contributed by atoms with Crippen LogP contribution in [0.3, 0.4) is 0 Å². The fraction of sp³-hybridized carbons (Fsp3) is 0.111. The number of hydrogen-bond donors (Lipinski definition) is 2. The molecule has 2 aromatic rings. The number of nitrogens with one attached hydrogen (secondary N) is 1. The SMILES string of the molecule is Nc1ccnc(NCc2cccnn2)n1. The van der Waals surface area contributed by atoms with E-state index in [0.29, 0.717) is 18.3 Å². The molecule has 2 aromatic heterocycles. The summed E-state index contributed by atoms with van der Waals surface area (Å²) in [5.74, 6) is 0.923. The van der Waals surface area contributed by atoms with Gasteiger partial charge >= 0.3 is 0 Å². The fourth-order valence-electron chi connectivity index (χ4n) is 1.06. The number of nitrogens with zero attached hydrogens (tertiary/aromatic N) is 4. The smallest absolute Gasteiger partial charge is 0.224 e. The number of nitrogens with two attached hydrogens (primary N) is 1. The van der Waals surface area contributed by atoms with Crippen LogP contribution < -0.4 is 11.1 Å². The first-order chi connectivity index (χ1) is 7.34. The molecule has 0 aliphatic carbocycles. The van der Waals surface area contributed by atoms with Gasteiger partial charge in [-0.25, -0.2) is 4.98 Å². The molecule has 0 aliphatic rings. The van der Waals surface area contributed by atoms with Crippen LogP contribution in [-0.4, -0.2) is 20.2 Å². The Hall–Kier alpha value is -2.24. The molecule has 76 valence electrons. The van der Waals surface area contributed by atoms with E-state index < -0.39 is 0 Å². The molecule has 0 aromatic carbocycles. The van der Waals surface area contributed by atoms with Crippen LogP contribution in [0.4, 0.5) is 11.8 Å². The molecule has 6 nitrogen and oxygen atoms in total. The second kappa shape index (κ2) is 4.32. The fourth-order valence-corrected chi connectivity index (χ4v) is 1.06. The van der Waals surface area contributed by atoms with E-state index in [1.165, 1.54) is 0 Å². The van der Waals surface area contributed by atoms with Gasteiger partial charge in [0.15, 0.2) is 0 Å². The normalized spacial score (nSPS) is 9.87. The molecule has 0 saturated carbocycles. The van der Waals surface area contributed by atoms with Gasteiger partial charge in [-0.2, -0.15) is 15.2 Å². The van der Waals surface area contributed by atoms with Gasteiger partial charge in [0.25, 0.3) is 0 Å². The minimum Gasteiger partial charge on any atom is -0.384 e. The van der Waals surface area contributed by atoms with E-state index in [1.807, 2.05) is 12.1 Å². The summed E-state index contributed by atoms with van der Waals surface area (Å²) in [6.45, 7) is 0.525. The largest absolute Gasteiger partial charge is 0.384 e. The summed E-state index contributed by atoms with van der Waals surface area (Å²) in [6, 6.07) is 5.32. The van der Waals surface area contributed by atoms with Crippen LogP contribution in [0.2, 0.25) is 0 Å². The van der Waals surface area contributed by atoms with E-state index in [-0.39, 0.29) is 0 Å². The molecule has 0 spiro atoms. The van der Waals surface area contributed by atoms with E-state index in [9.17, 15) is 0 Å². The molecule has 2 rings (SSSR count). The summed E-state index contributed by atoms with van der Waals surface area (Å²) in [5, 5.41) is 10.7. The summed E-state index contributed by atoms with van der Waals surface area (Å²) in [6.07, 6.45) is 3.22. The highest BCUT2D eigenvalue weighted by molar-refractivity contribution is 5.35. The summed E-state index contributed by atoms with van der Waals surface area (Å²) in [5.41, 5.74) is 6.33. The molecule has 0 bridgehead atoms. The van der Waals surface area contributed by atoms with E-state index in [1.54, 1.807) is 18.5 Å². The Labute approximate surface area is 86.6 Å². The summed E-state index contributed by atoms with van der Waals surface area (Å²) in [4.78, 5) is 8.00. The van der Waals surface area contributed by atoms with E-state index in [2.05, 4.69) is 25.5 Å². The highest BCUT2D eigenvalue weighted by Gasteiger charge is 1.97. The minimum atomic E-state index is 0.437. The highest BCUT2D eigenvalue weighted by Crippen LogP contribution is 2.02. The molecule has 0 amide bonds. The molecule has 0 saturated heterocycles. The quantitative estimate of drug-likeness (QED) is 0.751. The van der Waals surface area contributed by atoms with Crippen LogP contribution >= 0.6 is 0 Å². The van der Waals surface area contributed by atoms with E-state index in [0.717, 1.165) is 5.69 Å². The topological polar surface area (TPSA) is 89.6 Å². The standard InChI is InChI=1S/C9H10N6/c10-8-3-5-11-9(14-8)12-6-7-2-1-4-13-15-7/h1-5H,6H2,(H3,10,11,12,14). The number of rotatable bonds is 3. The summed E-state index contributed by atoms with van der Waals surface area (Å²) < 4.78 is 0. The van der Waals surface area contributed by atoms with Crippen molar-refractivity contribution in [2.45, 2.75) is 6.54 Å². The molecule has 2 heterocycles. The molecule has 0 unspecified atom stereocenters. The Morgan fingerprint density at radius 3 is 2.93 bits per heavy atom. The van der Waals surface area contributed by atoms with Crippen LogP contribution in [0.5, 0.6) is 0 Å². The molecule has 3 N–H and O–H groups in total. The van der Waals surface area contributed by atoms with Crippen molar-refractivity contribution in [1.82, 2.24) is 20.2 Å². The maximum Gasteiger partial charge on any atom is 0.224 e. The Bertz CT molecular complexity index is 430. The lowest BCUT2D eigenvalue weighted by atomic mass is 10.4. The lowest BCUT2D eigenvalue weighted by Gasteiger charge is -2.03. The Balaban J connectivity index is 1.99. The third-order valence-electron chi connectivity index (χ3n) is 1.73. The van der Waals surface area contributed by atoms with Crippen molar-refractivity contribution in [3.05, 3.63) is 36.3 Å². The van der Waals surface area contributed by atoms with Crippen molar-refractivity contribution in [3.8, 4) is 0 Å². The number of aromatic nitrogens is 4. The first-order valence-electron chi connectivity index (χ1n) is 4.43. The van der Waals surface area contributed by atoms with Crippen molar-refractivity contribution in [1.29, 1.82) is 0 Å². The second-order valence-electron chi connectivity index (χ2n) is 2.87. The van der Waals surface area contributed by atoms with Crippen molar-refractivity contribution < 1.29 is 0 Å². The minimum absolute atomic E-state index is 0.437. The maximum atomic E-state index is 5.51. The number of nitrogen functional groups attached to an aromatic ring is 1. The molecule has 0 atom stereocenters. The van der Waals surface area contributed by atoms with Crippen molar-refractivity contribution in [2.24, 2.45) is 0 Å². The van der Waals surface area contributed by atoms with Gasteiger partial charge in [0.1, 0.15) is 5.82 Å². The average Bonchev–Trinajstić information content (AvgIpc) is 2.28. The molecule has 0 fully saturated rings. The van der Waals surface area contributed by atoms with Gasteiger partial charge in [-0.1, -0.05) is 0 Å². The molecular weight excluding hydrogens is 192 g/mol. The van der Waals surface area contributed by atoms with Gasteiger partial charge in [0, 0.05) is 12.4 Å². The van der Waals surface area contributed by atoms with Gasteiger partial charge < -0.3 is 11.1 Å². The predicted molar refractivity (Wildman–Crippen MR) is 55.8 cm³/mol. The van der Waals surface area contributed by atoms with Crippen LogP contribution in [0, 0.1) is 0 Å². The van der Waals surface area contributed by atoms with Crippen LogP contribution in [-0.2, 0) is 6.54 Å². The Morgan fingerprint density at radius 1 is 1.27 bits per heavy atom. The zero-order chi connectivity index (χ0) is 10.5. The van der Waals surface area contributed by atoms with Gasteiger partial charge in [-0.3, -0.25) is 0 Å². The Morgan fingerprint density at radius 2 is 2.20 bits per heavy atom. The summed E-state index contributed by atoms with van der Waals surface area (Å²) in [7, 11) is 0. The third-order valence-corrected chi connectivity index (χ3v) is 1.73. The van der Waals surface area contributed by atoms with Gasteiger partial charge in [-0.05, 0) is 18.2 Å². The highest BCUT2D eigenvalue weighted by atomic mass is 15.1. The average molecular weight is 202 g/mol. The molecule has 0 radical (unpaired) electrons. The monoisotopic (exact) mass is 202 g/mol. The maximum absolute atomic E-state index is 5.51. The Kier molecular flexibility index (Phi) is 2.68. The predicted octanol–water partition coefficient (Wildman–Crippen LogP) is 0.461. The number of hydrogen-bond acceptors (Lipinski definition) is 6. The van der Waals surface area contributed by atoms with Gasteiger partial charge in [0.2, 0.25) is 5.95 Å².